The number of aromatic nitrogens is 1. The largest absolute Gasteiger partial charge is 0.488 e. The number of ether oxygens (including phenoxy) is 2. The molecule has 0 aliphatic carbocycles. The standard InChI is InChI=1S/C20H23FN4O4/c1-13-5-6-15(11-22-13)23-19(26)24-16-8-14(21)9-18(10-16)29-17-4-3-7-25(12-17)20(27)28-2/h5-6,8-11,17H,3-4,7,12H2,1-2H3,(H2,23,24,26)/t17-/m1/s1. The van der Waals surface area contributed by atoms with Crippen LogP contribution < -0.4 is 15.4 Å². The summed E-state index contributed by atoms with van der Waals surface area (Å²) in [4.78, 5) is 29.5. The van der Waals surface area contributed by atoms with E-state index < -0.39 is 17.9 Å². The van der Waals surface area contributed by atoms with E-state index in [1.54, 1.807) is 17.0 Å². The zero-order chi connectivity index (χ0) is 20.8. The maximum absolute atomic E-state index is 14.0. The first kappa shape index (κ1) is 20.4. The Morgan fingerprint density at radius 3 is 2.72 bits per heavy atom. The number of nitrogens with one attached hydrogen (secondary N) is 2. The number of likely N-dealkylation sites (tertiary alicyclic amines) is 1. The van der Waals surface area contributed by atoms with E-state index in [1.807, 2.05) is 6.92 Å². The summed E-state index contributed by atoms with van der Waals surface area (Å²) in [6.45, 7) is 2.79. The van der Waals surface area contributed by atoms with E-state index in [-0.39, 0.29) is 17.5 Å². The van der Waals surface area contributed by atoms with Crippen molar-refractivity contribution in [1.82, 2.24) is 9.88 Å². The third-order valence-corrected chi connectivity index (χ3v) is 4.41. The summed E-state index contributed by atoms with van der Waals surface area (Å²) >= 11 is 0. The van der Waals surface area contributed by atoms with E-state index in [1.165, 1.54) is 31.5 Å². The molecule has 0 saturated carbocycles. The van der Waals surface area contributed by atoms with E-state index in [2.05, 4.69) is 15.6 Å². The van der Waals surface area contributed by atoms with Gasteiger partial charge in [-0.1, -0.05) is 0 Å². The Bertz CT molecular complexity index is 875. The minimum Gasteiger partial charge on any atom is -0.488 e. The number of piperidine rings is 1. The molecule has 154 valence electrons. The number of rotatable bonds is 4. The van der Waals surface area contributed by atoms with Crippen molar-refractivity contribution in [3.8, 4) is 5.75 Å². The molecule has 0 bridgehead atoms. The summed E-state index contributed by atoms with van der Waals surface area (Å²) in [6, 6.07) is 6.93. The number of carbonyl (C=O) groups excluding carboxylic acids is 2. The van der Waals surface area contributed by atoms with Crippen LogP contribution in [-0.4, -0.2) is 48.3 Å². The number of halogens is 1. The molecule has 1 aliphatic rings. The van der Waals surface area contributed by atoms with Crippen molar-refractivity contribution >= 4 is 23.5 Å². The SMILES string of the molecule is COC(=O)N1CCC[C@@H](Oc2cc(F)cc(NC(=O)Nc3ccc(C)nc3)c2)C1. The first-order valence-electron chi connectivity index (χ1n) is 9.24. The van der Waals surface area contributed by atoms with Crippen LogP contribution in [-0.2, 0) is 4.74 Å². The molecule has 1 aliphatic heterocycles. The highest BCUT2D eigenvalue weighted by Crippen LogP contribution is 2.24. The van der Waals surface area contributed by atoms with Crippen molar-refractivity contribution in [2.45, 2.75) is 25.9 Å². The Kier molecular flexibility index (Phi) is 6.48. The van der Waals surface area contributed by atoms with E-state index in [9.17, 15) is 14.0 Å². The second-order valence-corrected chi connectivity index (χ2v) is 6.74. The van der Waals surface area contributed by atoms with Crippen LogP contribution >= 0.6 is 0 Å². The van der Waals surface area contributed by atoms with Gasteiger partial charge in [0.25, 0.3) is 0 Å². The van der Waals surface area contributed by atoms with Gasteiger partial charge in [0.2, 0.25) is 0 Å². The molecule has 2 heterocycles. The summed E-state index contributed by atoms with van der Waals surface area (Å²) in [7, 11) is 1.33. The fourth-order valence-electron chi connectivity index (χ4n) is 3.06. The van der Waals surface area contributed by atoms with E-state index in [4.69, 9.17) is 9.47 Å². The Morgan fingerprint density at radius 1 is 1.21 bits per heavy atom. The molecular formula is C20H23FN4O4. The van der Waals surface area contributed by atoms with E-state index >= 15 is 0 Å². The van der Waals surface area contributed by atoms with Gasteiger partial charge in [0, 0.05) is 30.1 Å². The van der Waals surface area contributed by atoms with Gasteiger partial charge in [-0.3, -0.25) is 4.98 Å². The zero-order valence-electron chi connectivity index (χ0n) is 16.3. The predicted octanol–water partition coefficient (Wildman–Crippen LogP) is 3.78. The van der Waals surface area contributed by atoms with Crippen molar-refractivity contribution in [3.63, 3.8) is 0 Å². The van der Waals surface area contributed by atoms with Gasteiger partial charge >= 0.3 is 12.1 Å². The monoisotopic (exact) mass is 402 g/mol. The molecule has 0 spiro atoms. The fourth-order valence-corrected chi connectivity index (χ4v) is 3.06. The minimum atomic E-state index is -0.546. The van der Waals surface area contributed by atoms with E-state index in [0.717, 1.165) is 18.5 Å². The molecule has 1 fully saturated rings. The van der Waals surface area contributed by atoms with Crippen molar-refractivity contribution in [2.24, 2.45) is 0 Å². The van der Waals surface area contributed by atoms with Gasteiger partial charge in [-0.2, -0.15) is 0 Å². The number of nitrogens with zero attached hydrogens (tertiary/aromatic N) is 2. The molecule has 3 rings (SSSR count). The quantitative estimate of drug-likeness (QED) is 0.812. The number of methoxy groups -OCH3 is 1. The number of carbonyl (C=O) groups is 2. The molecule has 0 unspecified atom stereocenters. The van der Waals surface area contributed by atoms with Crippen LogP contribution in [0.4, 0.5) is 25.4 Å². The van der Waals surface area contributed by atoms with Crippen LogP contribution in [0.5, 0.6) is 5.75 Å². The average Bonchev–Trinajstić information content (AvgIpc) is 2.69. The molecule has 2 aromatic rings. The summed E-state index contributed by atoms with van der Waals surface area (Å²) < 4.78 is 24.6. The number of pyridine rings is 1. The first-order chi connectivity index (χ1) is 13.9. The van der Waals surface area contributed by atoms with Gasteiger partial charge in [-0.05, 0) is 38.0 Å². The van der Waals surface area contributed by atoms with Crippen molar-refractivity contribution in [2.75, 3.05) is 30.8 Å². The number of anilines is 2. The Labute approximate surface area is 168 Å². The molecule has 8 nitrogen and oxygen atoms in total. The third kappa shape index (κ3) is 5.81. The topological polar surface area (TPSA) is 92.8 Å². The summed E-state index contributed by atoms with van der Waals surface area (Å²) in [5, 5.41) is 5.21. The summed E-state index contributed by atoms with van der Waals surface area (Å²) in [5.74, 6) is -0.274. The van der Waals surface area contributed by atoms with Gasteiger partial charge < -0.3 is 25.0 Å². The maximum atomic E-state index is 14.0. The van der Waals surface area contributed by atoms with Gasteiger partial charge in [-0.15, -0.1) is 0 Å². The van der Waals surface area contributed by atoms with Gasteiger partial charge in [0.15, 0.2) is 0 Å². The second-order valence-electron chi connectivity index (χ2n) is 6.74. The number of benzene rings is 1. The van der Waals surface area contributed by atoms with Crippen LogP contribution in [0.2, 0.25) is 0 Å². The molecular weight excluding hydrogens is 379 g/mol. The highest BCUT2D eigenvalue weighted by atomic mass is 19.1. The molecule has 1 aromatic carbocycles. The Hall–Kier alpha value is -3.36. The molecule has 1 saturated heterocycles. The number of hydrogen-bond donors (Lipinski definition) is 2. The summed E-state index contributed by atoms with van der Waals surface area (Å²) in [6.07, 6.45) is 2.32. The number of amides is 3. The second kappa shape index (κ2) is 9.22. The van der Waals surface area contributed by atoms with Crippen LogP contribution in [0.25, 0.3) is 0 Å². The molecule has 1 atom stereocenters. The van der Waals surface area contributed by atoms with Crippen molar-refractivity contribution in [1.29, 1.82) is 0 Å². The fraction of sp³-hybridized carbons (Fsp3) is 0.350. The molecule has 2 N–H and O–H groups in total. The molecule has 3 amide bonds. The first-order valence-corrected chi connectivity index (χ1v) is 9.24. The smallest absolute Gasteiger partial charge is 0.409 e. The average molecular weight is 402 g/mol. The number of aryl methyl sites for hydroxylation is 1. The van der Waals surface area contributed by atoms with Gasteiger partial charge in [-0.25, -0.2) is 14.0 Å². The van der Waals surface area contributed by atoms with Crippen LogP contribution in [0.1, 0.15) is 18.5 Å². The van der Waals surface area contributed by atoms with Crippen LogP contribution in [0.3, 0.4) is 0 Å². The lowest BCUT2D eigenvalue weighted by molar-refractivity contribution is 0.0693. The minimum absolute atomic E-state index is 0.248. The molecule has 9 heteroatoms. The normalized spacial score (nSPS) is 16.1. The maximum Gasteiger partial charge on any atom is 0.409 e. The molecule has 1 aromatic heterocycles. The lowest BCUT2D eigenvalue weighted by atomic mass is 10.1. The van der Waals surface area contributed by atoms with Crippen LogP contribution in [0.15, 0.2) is 36.5 Å². The molecule has 29 heavy (non-hydrogen) atoms. The van der Waals surface area contributed by atoms with Crippen LogP contribution in [0, 0.1) is 12.7 Å². The Morgan fingerprint density at radius 2 is 2.00 bits per heavy atom. The van der Waals surface area contributed by atoms with Gasteiger partial charge in [0.1, 0.15) is 17.7 Å². The summed E-state index contributed by atoms with van der Waals surface area (Å²) in [5.41, 5.74) is 1.60. The Balaban J connectivity index is 1.62. The van der Waals surface area contributed by atoms with Gasteiger partial charge in [0.05, 0.1) is 25.5 Å². The lowest BCUT2D eigenvalue weighted by Gasteiger charge is -2.31. The lowest BCUT2D eigenvalue weighted by Crippen LogP contribution is -2.44. The highest BCUT2D eigenvalue weighted by molar-refractivity contribution is 5.99. The predicted molar refractivity (Wildman–Crippen MR) is 106 cm³/mol. The third-order valence-electron chi connectivity index (χ3n) is 4.41. The number of urea groups is 1. The van der Waals surface area contributed by atoms with Crippen molar-refractivity contribution < 1.29 is 23.5 Å². The molecule has 0 radical (unpaired) electrons. The number of hydrogen-bond acceptors (Lipinski definition) is 5. The van der Waals surface area contributed by atoms with E-state index in [0.29, 0.717) is 18.8 Å². The van der Waals surface area contributed by atoms with Crippen molar-refractivity contribution in [3.05, 3.63) is 48.0 Å². The highest BCUT2D eigenvalue weighted by Gasteiger charge is 2.25. The zero-order valence-corrected chi connectivity index (χ0v) is 16.3.